The van der Waals surface area contributed by atoms with E-state index >= 15 is 0 Å². The number of amides is 1. The second-order valence-electron chi connectivity index (χ2n) is 6.42. The summed E-state index contributed by atoms with van der Waals surface area (Å²) >= 11 is 0. The molecule has 7 heteroatoms. The van der Waals surface area contributed by atoms with Crippen molar-refractivity contribution >= 4 is 21.6 Å². The fourth-order valence-corrected chi connectivity index (χ4v) is 4.57. The molecule has 1 aliphatic heterocycles. The number of ether oxygens (including phenoxy) is 1. The van der Waals surface area contributed by atoms with Crippen molar-refractivity contribution in [1.29, 1.82) is 0 Å². The molecule has 1 aliphatic rings. The number of hydrogen-bond acceptors (Lipinski definition) is 4. The first-order chi connectivity index (χ1) is 12.4. The Morgan fingerprint density at radius 3 is 2.15 bits per heavy atom. The molecule has 1 saturated heterocycles. The topological polar surface area (TPSA) is 75.7 Å². The summed E-state index contributed by atoms with van der Waals surface area (Å²) in [5.41, 5.74) is 1.09. The molecular weight excluding hydrogens is 352 g/mol. The average Bonchev–Trinajstić information content (AvgIpc) is 2.62. The van der Waals surface area contributed by atoms with E-state index in [1.54, 1.807) is 36.4 Å². The highest BCUT2D eigenvalue weighted by Crippen LogP contribution is 2.22. The summed E-state index contributed by atoms with van der Waals surface area (Å²) < 4.78 is 32.7. The SMILES string of the molecule is C[C@@H]1CN(S(=O)(=O)c2ccc(NC(=O)c3ccccc3)cc2)C[C@H](C)O1. The van der Waals surface area contributed by atoms with Crippen LogP contribution in [0.4, 0.5) is 5.69 Å². The van der Waals surface area contributed by atoms with E-state index < -0.39 is 10.0 Å². The maximum Gasteiger partial charge on any atom is 0.255 e. The molecule has 0 bridgehead atoms. The number of anilines is 1. The molecule has 26 heavy (non-hydrogen) atoms. The van der Waals surface area contributed by atoms with Gasteiger partial charge in [0.15, 0.2) is 0 Å². The monoisotopic (exact) mass is 374 g/mol. The van der Waals surface area contributed by atoms with E-state index in [9.17, 15) is 13.2 Å². The summed E-state index contributed by atoms with van der Waals surface area (Å²) in [5, 5.41) is 2.76. The predicted molar refractivity (Wildman–Crippen MR) is 99.6 cm³/mol. The molecule has 0 radical (unpaired) electrons. The molecule has 2 aromatic rings. The molecule has 1 heterocycles. The second kappa shape index (κ2) is 7.57. The average molecular weight is 374 g/mol. The fourth-order valence-electron chi connectivity index (χ4n) is 2.98. The van der Waals surface area contributed by atoms with Gasteiger partial charge in [0, 0.05) is 24.3 Å². The van der Waals surface area contributed by atoms with Gasteiger partial charge in [-0.2, -0.15) is 4.31 Å². The lowest BCUT2D eigenvalue weighted by Gasteiger charge is -2.34. The minimum absolute atomic E-state index is 0.141. The smallest absolute Gasteiger partial charge is 0.255 e. The first-order valence-electron chi connectivity index (χ1n) is 8.48. The Morgan fingerprint density at radius 1 is 1.00 bits per heavy atom. The van der Waals surface area contributed by atoms with Gasteiger partial charge >= 0.3 is 0 Å². The molecule has 0 aliphatic carbocycles. The van der Waals surface area contributed by atoms with Gasteiger partial charge in [-0.1, -0.05) is 18.2 Å². The van der Waals surface area contributed by atoms with Crippen molar-refractivity contribution in [3.05, 3.63) is 60.2 Å². The molecule has 1 amide bonds. The molecule has 0 saturated carbocycles. The molecule has 3 rings (SSSR count). The van der Waals surface area contributed by atoms with Crippen LogP contribution in [0.25, 0.3) is 0 Å². The van der Waals surface area contributed by atoms with Gasteiger partial charge in [0.05, 0.1) is 17.1 Å². The predicted octanol–water partition coefficient (Wildman–Crippen LogP) is 2.74. The van der Waals surface area contributed by atoms with E-state index in [-0.39, 0.29) is 23.0 Å². The van der Waals surface area contributed by atoms with Gasteiger partial charge in [-0.15, -0.1) is 0 Å². The standard InChI is InChI=1S/C19H22N2O4S/c1-14-12-21(13-15(2)25-14)26(23,24)18-10-8-17(9-11-18)20-19(22)16-6-4-3-5-7-16/h3-11,14-15H,12-13H2,1-2H3,(H,20,22)/t14-,15+. The number of morpholine rings is 1. The minimum Gasteiger partial charge on any atom is -0.373 e. The van der Waals surface area contributed by atoms with Gasteiger partial charge in [0.25, 0.3) is 5.91 Å². The summed E-state index contributed by atoms with van der Waals surface area (Å²) in [6, 6.07) is 15.1. The maximum absolute atomic E-state index is 12.8. The molecule has 2 atom stereocenters. The lowest BCUT2D eigenvalue weighted by molar-refractivity contribution is -0.0440. The molecule has 138 valence electrons. The van der Waals surface area contributed by atoms with Crippen LogP contribution in [-0.4, -0.2) is 43.9 Å². The highest BCUT2D eigenvalue weighted by atomic mass is 32.2. The summed E-state index contributed by atoms with van der Waals surface area (Å²) in [4.78, 5) is 12.4. The van der Waals surface area contributed by atoms with E-state index in [0.29, 0.717) is 24.3 Å². The quantitative estimate of drug-likeness (QED) is 0.893. The third-order valence-electron chi connectivity index (χ3n) is 4.17. The molecule has 2 aromatic carbocycles. The van der Waals surface area contributed by atoms with Gasteiger partial charge in [-0.3, -0.25) is 4.79 Å². The van der Waals surface area contributed by atoms with Gasteiger partial charge < -0.3 is 10.1 Å². The van der Waals surface area contributed by atoms with E-state index in [1.807, 2.05) is 19.9 Å². The number of carbonyl (C=O) groups excluding carboxylic acids is 1. The Hall–Kier alpha value is -2.22. The van der Waals surface area contributed by atoms with Gasteiger partial charge in [0.1, 0.15) is 0 Å². The van der Waals surface area contributed by atoms with Gasteiger partial charge in [0.2, 0.25) is 10.0 Å². The van der Waals surface area contributed by atoms with Crippen LogP contribution in [0.5, 0.6) is 0 Å². The van der Waals surface area contributed by atoms with Crippen molar-refractivity contribution in [2.24, 2.45) is 0 Å². The zero-order chi connectivity index (χ0) is 18.7. The van der Waals surface area contributed by atoms with Crippen LogP contribution >= 0.6 is 0 Å². The zero-order valence-electron chi connectivity index (χ0n) is 14.8. The highest BCUT2D eigenvalue weighted by Gasteiger charge is 2.32. The number of sulfonamides is 1. The normalized spacial score (nSPS) is 21.3. The Kier molecular flexibility index (Phi) is 5.41. The lowest BCUT2D eigenvalue weighted by atomic mass is 10.2. The Bertz CT molecular complexity index is 856. The largest absolute Gasteiger partial charge is 0.373 e. The summed E-state index contributed by atoms with van der Waals surface area (Å²) in [6.07, 6.45) is -0.282. The first kappa shape index (κ1) is 18.6. The van der Waals surface area contributed by atoms with Crippen molar-refractivity contribution in [3.63, 3.8) is 0 Å². The second-order valence-corrected chi connectivity index (χ2v) is 8.36. The van der Waals surface area contributed by atoms with E-state index in [1.165, 1.54) is 16.4 Å². The third-order valence-corrected chi connectivity index (χ3v) is 6.02. The zero-order valence-corrected chi connectivity index (χ0v) is 15.6. The molecule has 1 N–H and O–H groups in total. The van der Waals surface area contributed by atoms with E-state index in [2.05, 4.69) is 5.32 Å². The van der Waals surface area contributed by atoms with Crippen molar-refractivity contribution in [1.82, 2.24) is 4.31 Å². The molecule has 0 spiro atoms. The minimum atomic E-state index is -3.58. The van der Waals surface area contributed by atoms with Crippen LogP contribution in [0.15, 0.2) is 59.5 Å². The molecular formula is C19H22N2O4S. The van der Waals surface area contributed by atoms with Crippen molar-refractivity contribution in [3.8, 4) is 0 Å². The van der Waals surface area contributed by atoms with Crippen LogP contribution in [0, 0.1) is 0 Å². The lowest BCUT2D eigenvalue weighted by Crippen LogP contribution is -2.48. The van der Waals surface area contributed by atoms with Crippen molar-refractivity contribution in [2.75, 3.05) is 18.4 Å². The Morgan fingerprint density at radius 2 is 1.58 bits per heavy atom. The summed E-state index contributed by atoms with van der Waals surface area (Å²) in [7, 11) is -3.58. The third kappa shape index (κ3) is 4.12. The van der Waals surface area contributed by atoms with E-state index in [4.69, 9.17) is 4.74 Å². The van der Waals surface area contributed by atoms with Crippen LogP contribution < -0.4 is 5.32 Å². The molecule has 0 unspecified atom stereocenters. The van der Waals surface area contributed by atoms with Crippen LogP contribution in [0.3, 0.4) is 0 Å². The number of hydrogen-bond donors (Lipinski definition) is 1. The van der Waals surface area contributed by atoms with Gasteiger partial charge in [-0.05, 0) is 50.2 Å². The maximum atomic E-state index is 12.8. The summed E-state index contributed by atoms with van der Waals surface area (Å²) in [5.74, 6) is -0.239. The highest BCUT2D eigenvalue weighted by molar-refractivity contribution is 7.89. The van der Waals surface area contributed by atoms with Gasteiger partial charge in [-0.25, -0.2) is 8.42 Å². The number of nitrogens with one attached hydrogen (secondary N) is 1. The number of benzene rings is 2. The number of rotatable bonds is 4. The van der Waals surface area contributed by atoms with Crippen molar-refractivity contribution < 1.29 is 17.9 Å². The molecule has 0 aromatic heterocycles. The summed E-state index contributed by atoms with van der Waals surface area (Å²) in [6.45, 7) is 4.39. The van der Waals surface area contributed by atoms with Crippen molar-refractivity contribution in [2.45, 2.75) is 31.0 Å². The van der Waals surface area contributed by atoms with E-state index in [0.717, 1.165) is 0 Å². The molecule has 1 fully saturated rings. The van der Waals surface area contributed by atoms with Crippen LogP contribution in [0.1, 0.15) is 24.2 Å². The molecule has 6 nitrogen and oxygen atoms in total. The van der Waals surface area contributed by atoms with Crippen LogP contribution in [-0.2, 0) is 14.8 Å². The number of carbonyl (C=O) groups is 1. The Balaban J connectivity index is 1.73. The number of nitrogens with zero attached hydrogens (tertiary/aromatic N) is 1. The Labute approximate surface area is 153 Å². The van der Waals surface area contributed by atoms with Crippen LogP contribution in [0.2, 0.25) is 0 Å². The first-order valence-corrected chi connectivity index (χ1v) is 9.92. The fraction of sp³-hybridized carbons (Fsp3) is 0.316.